The van der Waals surface area contributed by atoms with Gasteiger partial charge in [-0.25, -0.2) is 0 Å². The van der Waals surface area contributed by atoms with Gasteiger partial charge in [-0.1, -0.05) is 85.3 Å². The van der Waals surface area contributed by atoms with Gasteiger partial charge < -0.3 is 18.9 Å². The molecule has 0 bridgehead atoms. The summed E-state index contributed by atoms with van der Waals surface area (Å²) in [6, 6.07) is 0. The Bertz CT molecular complexity index is 885. The molecule has 0 aromatic carbocycles. The van der Waals surface area contributed by atoms with Crippen molar-refractivity contribution < 1.29 is 18.9 Å². The fourth-order valence-electron chi connectivity index (χ4n) is 5.57. The average molecular weight is 781 g/mol. The van der Waals surface area contributed by atoms with Crippen molar-refractivity contribution in [2.45, 2.75) is 118 Å². The molecule has 50 heavy (non-hydrogen) atoms. The summed E-state index contributed by atoms with van der Waals surface area (Å²) in [5, 5.41) is 1.000. The van der Waals surface area contributed by atoms with E-state index in [-0.39, 0.29) is 0 Å². The van der Waals surface area contributed by atoms with Crippen LogP contribution in [0.1, 0.15) is 107 Å². The van der Waals surface area contributed by atoms with Crippen LogP contribution in [0.5, 0.6) is 0 Å². The molecule has 8 aliphatic heterocycles. The highest BCUT2D eigenvalue weighted by molar-refractivity contribution is 8.16. The second-order valence-corrected chi connectivity index (χ2v) is 23.7. The third-order valence-electron chi connectivity index (χ3n) is 10.1. The van der Waals surface area contributed by atoms with Crippen molar-refractivity contribution in [2.24, 2.45) is 35.5 Å². The highest BCUT2D eigenvalue weighted by atomic mass is 32.2. The molecule has 0 aromatic heterocycles. The van der Waals surface area contributed by atoms with Gasteiger partial charge in [0.2, 0.25) is 0 Å². The zero-order valence-electron chi connectivity index (χ0n) is 34.3. The zero-order chi connectivity index (χ0) is 37.3. The zero-order valence-corrected chi connectivity index (χ0v) is 37.5. The Hall–Kier alpha value is 0.720. The molecule has 6 unspecified atom stereocenters. The van der Waals surface area contributed by atoms with E-state index in [4.69, 9.17) is 18.9 Å². The molecular formula is C42H84O4S4. The SMILES string of the molecule is C=S1CC(C)C1.C=S1CC(CC)C1.C=S1CCC(C)C1.C=S1CCC1CC.CC1CCOC1.CC1COC1.CCC1CCO1.CCC1COC1. The van der Waals surface area contributed by atoms with E-state index in [0.717, 1.165) is 87.0 Å². The summed E-state index contributed by atoms with van der Waals surface area (Å²) in [4.78, 5) is 0. The van der Waals surface area contributed by atoms with E-state index < -0.39 is 0 Å². The van der Waals surface area contributed by atoms with Crippen LogP contribution in [0.4, 0.5) is 0 Å². The van der Waals surface area contributed by atoms with Gasteiger partial charge in [-0.15, -0.1) is 0 Å². The minimum atomic E-state index is 0.547. The molecule has 6 atom stereocenters. The van der Waals surface area contributed by atoms with E-state index in [9.17, 15) is 0 Å². The van der Waals surface area contributed by atoms with Gasteiger partial charge in [0.15, 0.2) is 0 Å². The normalized spacial score (nSPS) is 35.9. The highest BCUT2D eigenvalue weighted by Gasteiger charge is 2.18. The lowest BCUT2D eigenvalue weighted by Crippen LogP contribution is -2.26. The van der Waals surface area contributed by atoms with Crippen LogP contribution in [0, 0.1) is 35.5 Å². The maximum atomic E-state index is 5.08. The molecule has 4 nitrogen and oxygen atoms in total. The fraction of sp³-hybridized carbons (Fsp3) is 0.905. The first-order chi connectivity index (χ1) is 23.9. The van der Waals surface area contributed by atoms with Gasteiger partial charge in [-0.2, -0.15) is 41.9 Å². The van der Waals surface area contributed by atoms with E-state index in [1.807, 2.05) is 0 Å². The van der Waals surface area contributed by atoms with Crippen molar-refractivity contribution >= 4 is 65.4 Å². The molecule has 0 N–H and O–H groups in total. The summed E-state index contributed by atoms with van der Waals surface area (Å²) in [5.74, 6) is 31.3. The van der Waals surface area contributed by atoms with Crippen molar-refractivity contribution in [3.05, 3.63) is 0 Å². The first-order valence-corrected chi connectivity index (χ1v) is 27.0. The molecular weight excluding hydrogens is 697 g/mol. The lowest BCUT2D eigenvalue weighted by molar-refractivity contribution is -0.0516. The van der Waals surface area contributed by atoms with Crippen LogP contribution < -0.4 is 0 Å². The Labute approximate surface area is 322 Å². The quantitative estimate of drug-likeness (QED) is 0.266. The van der Waals surface area contributed by atoms with E-state index in [1.54, 1.807) is 0 Å². The third-order valence-corrected chi connectivity index (χ3v) is 18.2. The number of hydrogen-bond acceptors (Lipinski definition) is 4. The fourth-order valence-corrected chi connectivity index (χ4v) is 12.0. The predicted octanol–water partition coefficient (Wildman–Crippen LogP) is 10.6. The Morgan fingerprint density at radius 1 is 0.480 bits per heavy atom. The van der Waals surface area contributed by atoms with Crippen LogP contribution in [-0.4, -0.2) is 121 Å². The van der Waals surface area contributed by atoms with Gasteiger partial charge in [0.05, 0.1) is 32.5 Å². The van der Waals surface area contributed by atoms with E-state index in [2.05, 4.69) is 78.9 Å². The second-order valence-electron chi connectivity index (χ2n) is 15.8. The summed E-state index contributed by atoms with van der Waals surface area (Å²) in [6.45, 7) is 24.9. The van der Waals surface area contributed by atoms with Gasteiger partial charge in [0.25, 0.3) is 0 Å². The van der Waals surface area contributed by atoms with Crippen molar-refractivity contribution in [1.29, 1.82) is 0 Å². The molecule has 8 heterocycles. The summed E-state index contributed by atoms with van der Waals surface area (Å²) in [6.07, 6.45) is 11.3. The smallest absolute Gasteiger partial charge is 0.0594 e. The largest absolute Gasteiger partial charge is 0.381 e. The number of hydrogen-bond donors (Lipinski definition) is 0. The standard InChI is InChI=1S/3C6H12S.3C5H10O.C5H10S.C4H8O/c1-6-3-4-7(2)5-6;1-3-6-4-7(2)5-6;1-3-6-4-5-7(6)2;1-5-2-3-6-4-5;1-2-5-3-6-4-5;1-2-5-3-4-6-5;1-5-3-6(2)4-5;1-4-2-5-3-4/h3*6H,2-5H2,1H3;4*5H,2-4H2,1H3;4H,2-3H2,1H3. The maximum Gasteiger partial charge on any atom is 0.0594 e. The van der Waals surface area contributed by atoms with Gasteiger partial charge >= 0.3 is 0 Å². The number of rotatable bonds is 4. The van der Waals surface area contributed by atoms with Gasteiger partial charge in [-0.05, 0) is 114 Å². The molecule has 8 rings (SSSR count). The molecule has 0 aromatic rings. The lowest BCUT2D eigenvalue weighted by atomic mass is 10.1. The molecule has 8 heteroatoms. The Balaban J connectivity index is 0.000000286. The van der Waals surface area contributed by atoms with Crippen LogP contribution >= 0.6 is 41.9 Å². The summed E-state index contributed by atoms with van der Waals surface area (Å²) < 4.78 is 19.9. The Morgan fingerprint density at radius 2 is 1.04 bits per heavy atom. The topological polar surface area (TPSA) is 36.9 Å². The van der Waals surface area contributed by atoms with Crippen molar-refractivity contribution in [3.8, 4) is 0 Å². The number of ether oxygens (including phenoxy) is 4. The molecule has 0 aliphatic carbocycles. The average Bonchev–Trinajstić information content (AvgIpc) is 3.64. The first kappa shape index (κ1) is 48.7. The van der Waals surface area contributed by atoms with E-state index in [1.165, 1.54) is 91.6 Å². The van der Waals surface area contributed by atoms with Crippen LogP contribution in [0.15, 0.2) is 0 Å². The van der Waals surface area contributed by atoms with Gasteiger partial charge in [0.1, 0.15) is 0 Å². The second kappa shape index (κ2) is 30.0. The maximum absolute atomic E-state index is 5.08. The minimum absolute atomic E-state index is 0.547. The van der Waals surface area contributed by atoms with Gasteiger partial charge in [0, 0.05) is 31.7 Å². The third kappa shape index (κ3) is 24.2. The Kier molecular flexibility index (Phi) is 29.2. The first-order valence-electron chi connectivity index (χ1n) is 20.2. The highest BCUT2D eigenvalue weighted by Crippen LogP contribution is 2.35. The monoisotopic (exact) mass is 781 g/mol. The lowest BCUT2D eigenvalue weighted by Gasteiger charge is -2.28. The molecule has 0 spiro atoms. The molecule has 8 saturated heterocycles. The molecule has 0 amide bonds. The van der Waals surface area contributed by atoms with Crippen LogP contribution in [-0.2, 0) is 18.9 Å². The van der Waals surface area contributed by atoms with Crippen LogP contribution in [0.3, 0.4) is 0 Å². The molecule has 8 fully saturated rings. The molecule has 0 saturated carbocycles. The molecule has 0 radical (unpaired) electrons. The summed E-state index contributed by atoms with van der Waals surface area (Å²) in [5.41, 5.74) is 0. The summed E-state index contributed by atoms with van der Waals surface area (Å²) >= 11 is 0. The van der Waals surface area contributed by atoms with Gasteiger partial charge in [-0.3, -0.25) is 0 Å². The molecule has 300 valence electrons. The predicted molar refractivity (Wildman–Crippen MR) is 242 cm³/mol. The van der Waals surface area contributed by atoms with Crippen molar-refractivity contribution in [2.75, 3.05) is 86.5 Å². The van der Waals surface area contributed by atoms with E-state index in [0.29, 0.717) is 48.0 Å². The summed E-state index contributed by atoms with van der Waals surface area (Å²) in [7, 11) is 2.27. The van der Waals surface area contributed by atoms with Crippen molar-refractivity contribution in [1.82, 2.24) is 0 Å². The van der Waals surface area contributed by atoms with E-state index >= 15 is 0 Å². The van der Waals surface area contributed by atoms with Crippen molar-refractivity contribution in [3.63, 3.8) is 0 Å². The van der Waals surface area contributed by atoms with Crippen LogP contribution in [0.25, 0.3) is 0 Å². The Morgan fingerprint density at radius 3 is 1.10 bits per heavy atom. The minimum Gasteiger partial charge on any atom is -0.381 e. The van der Waals surface area contributed by atoms with Crippen LogP contribution in [0.2, 0.25) is 0 Å². The molecule has 8 aliphatic rings.